The first-order valence-electron chi connectivity index (χ1n) is 13.3. The van der Waals surface area contributed by atoms with E-state index in [9.17, 15) is 14.7 Å². The maximum absolute atomic E-state index is 13.7. The molecule has 0 spiro atoms. The van der Waals surface area contributed by atoms with Gasteiger partial charge in [-0.1, -0.05) is 25.1 Å². The molecule has 0 saturated carbocycles. The summed E-state index contributed by atoms with van der Waals surface area (Å²) >= 11 is 1.31. The van der Waals surface area contributed by atoms with Gasteiger partial charge in [0.2, 0.25) is 0 Å². The molecule has 0 saturated heterocycles. The minimum atomic E-state index is -0.378. The summed E-state index contributed by atoms with van der Waals surface area (Å²) in [5.41, 5.74) is 2.64. The van der Waals surface area contributed by atoms with Gasteiger partial charge in [0.25, 0.3) is 11.8 Å². The number of carbonyl (C=O) groups is 2. The van der Waals surface area contributed by atoms with Crippen LogP contribution in [-0.2, 0) is 6.54 Å². The zero-order valence-electron chi connectivity index (χ0n) is 22.8. The van der Waals surface area contributed by atoms with Gasteiger partial charge in [-0.2, -0.15) is 0 Å². The Morgan fingerprint density at radius 3 is 2.73 bits per heavy atom. The lowest BCUT2D eigenvalue weighted by Gasteiger charge is -2.38. The van der Waals surface area contributed by atoms with E-state index in [0.717, 1.165) is 15.8 Å². The molecule has 2 aromatic carbocycles. The fraction of sp³-hybridized carbons (Fsp3) is 0.333. The number of carbonyl (C=O) groups excluding carboxylic acids is 2. The Bertz CT molecular complexity index is 1460. The highest BCUT2D eigenvalue weighted by molar-refractivity contribution is 7.20. The van der Waals surface area contributed by atoms with Crippen molar-refractivity contribution >= 4 is 39.1 Å². The molecule has 0 aliphatic carbocycles. The third-order valence-corrected chi connectivity index (χ3v) is 8.16. The molecule has 1 aliphatic rings. The highest BCUT2D eigenvalue weighted by Gasteiger charge is 2.34. The van der Waals surface area contributed by atoms with E-state index in [1.54, 1.807) is 35.5 Å². The van der Waals surface area contributed by atoms with E-state index in [1.165, 1.54) is 11.3 Å². The van der Waals surface area contributed by atoms with Gasteiger partial charge in [0, 0.05) is 37.9 Å². The van der Waals surface area contributed by atoms with Crippen molar-refractivity contribution in [1.82, 2.24) is 19.8 Å². The van der Waals surface area contributed by atoms with Crippen molar-refractivity contribution < 1.29 is 19.4 Å². The maximum Gasteiger partial charge on any atom is 0.284 e. The number of para-hydroxylation sites is 2. The number of aromatic nitrogens is 2. The predicted octanol–water partition coefficient (Wildman–Crippen LogP) is 4.30. The van der Waals surface area contributed by atoms with E-state index in [4.69, 9.17) is 4.74 Å². The van der Waals surface area contributed by atoms with Gasteiger partial charge in [-0.15, -0.1) is 11.3 Å². The molecule has 0 fully saturated rings. The number of hydrogen-bond acceptors (Lipinski definition) is 8. The number of likely N-dealkylation sites (N-methyl/N-ethyl adjacent to an activating group) is 1. The molecule has 1 aliphatic heterocycles. The standard InChI is InChI=1S/C30H33N5O4S/c1-19-15-35(20(2)18-36)30(38)22-7-6-9-24(32-28(37)29-33-23-8-4-5-10-26(23)40-29)27(22)39-25(19)17-34(3)16-21-11-13-31-14-12-21/h4-14,19-20,25,36H,15-18H2,1-3H3,(H,32,37)/t19-,20-,25+/m1/s1. The van der Waals surface area contributed by atoms with E-state index in [-0.39, 0.29) is 36.5 Å². The number of amides is 2. The molecule has 0 bridgehead atoms. The molecule has 0 radical (unpaired) electrons. The first kappa shape index (κ1) is 27.7. The normalized spacial score (nSPS) is 18.1. The van der Waals surface area contributed by atoms with Gasteiger partial charge >= 0.3 is 0 Å². The lowest BCUT2D eigenvalue weighted by Crippen LogP contribution is -2.49. The van der Waals surface area contributed by atoms with Crippen molar-refractivity contribution in [3.8, 4) is 5.75 Å². The van der Waals surface area contributed by atoms with Crippen molar-refractivity contribution in [1.29, 1.82) is 0 Å². The van der Waals surface area contributed by atoms with Crippen LogP contribution in [0.5, 0.6) is 5.75 Å². The maximum atomic E-state index is 13.7. The summed E-state index contributed by atoms with van der Waals surface area (Å²) in [7, 11) is 2.02. The Morgan fingerprint density at radius 1 is 1.20 bits per heavy atom. The summed E-state index contributed by atoms with van der Waals surface area (Å²) in [6, 6.07) is 16.3. The number of nitrogens with one attached hydrogen (secondary N) is 1. The number of fused-ring (bicyclic) bond motifs is 2. The number of benzene rings is 2. The zero-order valence-corrected chi connectivity index (χ0v) is 23.6. The Morgan fingerprint density at radius 2 is 1.98 bits per heavy atom. The van der Waals surface area contributed by atoms with Gasteiger partial charge in [0.1, 0.15) is 6.10 Å². The largest absolute Gasteiger partial charge is 0.486 e. The average Bonchev–Trinajstić information content (AvgIpc) is 3.40. The smallest absolute Gasteiger partial charge is 0.284 e. The number of nitrogens with zero attached hydrogens (tertiary/aromatic N) is 4. The first-order valence-corrected chi connectivity index (χ1v) is 14.1. The van der Waals surface area contributed by atoms with Gasteiger partial charge < -0.3 is 20.1 Å². The molecule has 40 heavy (non-hydrogen) atoms. The van der Waals surface area contributed by atoms with E-state index in [0.29, 0.717) is 41.6 Å². The third-order valence-electron chi connectivity index (χ3n) is 7.12. The average molecular weight is 560 g/mol. The van der Waals surface area contributed by atoms with Crippen molar-refractivity contribution in [2.24, 2.45) is 5.92 Å². The summed E-state index contributed by atoms with van der Waals surface area (Å²) in [4.78, 5) is 39.5. The number of anilines is 1. The summed E-state index contributed by atoms with van der Waals surface area (Å²) in [5, 5.41) is 13.2. The second kappa shape index (κ2) is 12.1. The van der Waals surface area contributed by atoms with Crippen molar-refractivity contribution in [3.63, 3.8) is 0 Å². The summed E-state index contributed by atoms with van der Waals surface area (Å²) in [6.07, 6.45) is 3.25. The van der Waals surface area contributed by atoms with Crippen molar-refractivity contribution in [2.45, 2.75) is 32.5 Å². The van der Waals surface area contributed by atoms with Crippen LogP contribution in [0.3, 0.4) is 0 Å². The molecule has 2 amide bonds. The van der Waals surface area contributed by atoms with Gasteiger partial charge in [-0.25, -0.2) is 4.98 Å². The van der Waals surface area contributed by atoms with Crippen LogP contribution in [-0.4, -0.2) is 75.6 Å². The highest BCUT2D eigenvalue weighted by atomic mass is 32.1. The van der Waals surface area contributed by atoms with E-state index >= 15 is 0 Å². The molecule has 5 rings (SSSR count). The SMILES string of the molecule is C[C@@H]1CN([C@H](C)CO)C(=O)c2cccc(NC(=O)c3nc4ccccc4s3)c2O[C@H]1CN(C)Cc1ccncc1. The topological polar surface area (TPSA) is 108 Å². The van der Waals surface area contributed by atoms with Crippen LogP contribution < -0.4 is 10.1 Å². The van der Waals surface area contributed by atoms with Gasteiger partial charge in [0.05, 0.1) is 34.1 Å². The van der Waals surface area contributed by atoms with Gasteiger partial charge in [-0.3, -0.25) is 19.5 Å². The molecule has 0 unspecified atom stereocenters. The quantitative estimate of drug-likeness (QED) is 0.332. The second-order valence-corrected chi connectivity index (χ2v) is 11.3. The Labute approximate surface area is 237 Å². The summed E-state index contributed by atoms with van der Waals surface area (Å²) in [5.74, 6) is -0.347. The second-order valence-electron chi connectivity index (χ2n) is 10.3. The minimum Gasteiger partial charge on any atom is -0.486 e. The molecule has 2 aromatic heterocycles. The van der Waals surface area contributed by atoms with Gasteiger partial charge in [0.15, 0.2) is 10.8 Å². The van der Waals surface area contributed by atoms with Crippen LogP contribution in [0.2, 0.25) is 0 Å². The van der Waals surface area contributed by atoms with Crippen LogP contribution in [0.25, 0.3) is 10.2 Å². The molecule has 4 aromatic rings. The number of aliphatic hydroxyl groups is 1. The fourth-order valence-electron chi connectivity index (χ4n) is 4.88. The van der Waals surface area contributed by atoms with Crippen LogP contribution >= 0.6 is 11.3 Å². The first-order chi connectivity index (χ1) is 19.3. The number of ether oxygens (including phenoxy) is 1. The van der Waals surface area contributed by atoms with Crippen molar-refractivity contribution in [3.05, 3.63) is 83.1 Å². The van der Waals surface area contributed by atoms with E-state index in [1.807, 2.05) is 57.3 Å². The number of aliphatic hydroxyl groups excluding tert-OH is 1. The molecular weight excluding hydrogens is 526 g/mol. The third kappa shape index (κ3) is 5.99. The lowest BCUT2D eigenvalue weighted by molar-refractivity contribution is 0.0343. The predicted molar refractivity (Wildman–Crippen MR) is 156 cm³/mol. The van der Waals surface area contributed by atoms with E-state index < -0.39 is 0 Å². The van der Waals surface area contributed by atoms with Crippen molar-refractivity contribution in [2.75, 3.05) is 32.1 Å². The molecule has 9 nitrogen and oxygen atoms in total. The number of rotatable bonds is 8. The lowest BCUT2D eigenvalue weighted by atomic mass is 9.99. The summed E-state index contributed by atoms with van der Waals surface area (Å²) < 4.78 is 7.54. The minimum absolute atomic E-state index is 0.0565. The molecule has 3 heterocycles. The van der Waals surface area contributed by atoms with Gasteiger partial charge in [-0.05, 0) is 55.9 Å². The van der Waals surface area contributed by atoms with E-state index in [2.05, 4.69) is 20.2 Å². The number of hydrogen-bond donors (Lipinski definition) is 2. The molecular formula is C30H33N5O4S. The number of thiazole rings is 1. The Balaban J connectivity index is 1.47. The fourth-order valence-corrected chi connectivity index (χ4v) is 5.74. The molecule has 3 atom stereocenters. The Hall–Kier alpha value is -3.86. The van der Waals surface area contributed by atoms with Crippen LogP contribution in [0.4, 0.5) is 5.69 Å². The van der Waals surface area contributed by atoms with Crippen LogP contribution in [0.1, 0.15) is 39.6 Å². The highest BCUT2D eigenvalue weighted by Crippen LogP contribution is 2.35. The number of pyridine rings is 1. The van der Waals surface area contributed by atoms with Crippen LogP contribution in [0, 0.1) is 5.92 Å². The monoisotopic (exact) mass is 559 g/mol. The summed E-state index contributed by atoms with van der Waals surface area (Å²) in [6.45, 7) is 5.43. The molecule has 208 valence electrons. The van der Waals surface area contributed by atoms with Crippen LogP contribution in [0.15, 0.2) is 67.0 Å². The Kier molecular flexibility index (Phi) is 8.39. The molecule has 2 N–H and O–H groups in total. The molecule has 10 heteroatoms. The zero-order chi connectivity index (χ0) is 28.2.